The maximum Gasteiger partial charge on any atom is 0.0661 e. The summed E-state index contributed by atoms with van der Waals surface area (Å²) in [6, 6.07) is 10.8. The Morgan fingerprint density at radius 2 is 2.10 bits per heavy atom. The Morgan fingerprint density at radius 1 is 1.35 bits per heavy atom. The molecule has 3 rings (SSSR count). The Bertz CT molecular complexity index is 430. The molecule has 3 heteroatoms. The van der Waals surface area contributed by atoms with Crippen LogP contribution in [0.15, 0.2) is 30.3 Å². The minimum atomic E-state index is 0.0428. The Balaban J connectivity index is 1.66. The van der Waals surface area contributed by atoms with Gasteiger partial charge >= 0.3 is 0 Å². The monoisotopic (exact) mass is 275 g/mol. The number of rotatable bonds is 6. The zero-order chi connectivity index (χ0) is 14.0. The Labute approximate surface area is 121 Å². The molecule has 2 aliphatic rings. The number of hydrogen-bond acceptors (Lipinski definition) is 3. The van der Waals surface area contributed by atoms with E-state index < -0.39 is 0 Å². The van der Waals surface area contributed by atoms with Gasteiger partial charge in [-0.1, -0.05) is 36.8 Å². The third-order valence-corrected chi connectivity index (χ3v) is 5.22. The van der Waals surface area contributed by atoms with Crippen molar-refractivity contribution in [3.63, 3.8) is 0 Å². The summed E-state index contributed by atoms with van der Waals surface area (Å²) in [4.78, 5) is 0. The van der Waals surface area contributed by atoms with E-state index in [1.165, 1.54) is 24.8 Å². The predicted molar refractivity (Wildman–Crippen MR) is 79.5 cm³/mol. The van der Waals surface area contributed by atoms with Crippen LogP contribution in [-0.4, -0.2) is 30.5 Å². The molecule has 0 aromatic heterocycles. The van der Waals surface area contributed by atoms with Gasteiger partial charge in [0.2, 0.25) is 0 Å². The second-order valence-corrected chi connectivity index (χ2v) is 6.13. The highest BCUT2D eigenvalue weighted by Crippen LogP contribution is 2.57. The molecule has 2 aliphatic carbocycles. The van der Waals surface area contributed by atoms with Crippen molar-refractivity contribution in [3.8, 4) is 0 Å². The number of aliphatic hydroxyl groups is 1. The number of benzene rings is 1. The van der Waals surface area contributed by atoms with Crippen molar-refractivity contribution in [1.82, 2.24) is 5.32 Å². The van der Waals surface area contributed by atoms with Crippen molar-refractivity contribution in [1.29, 1.82) is 0 Å². The van der Waals surface area contributed by atoms with Crippen LogP contribution in [0.4, 0.5) is 0 Å². The number of aliphatic hydroxyl groups excluding tert-OH is 1. The zero-order valence-electron chi connectivity index (χ0n) is 12.2. The van der Waals surface area contributed by atoms with Gasteiger partial charge in [-0.15, -0.1) is 0 Å². The van der Waals surface area contributed by atoms with E-state index in [9.17, 15) is 5.11 Å². The molecule has 1 spiro atoms. The van der Waals surface area contributed by atoms with Crippen LogP contribution in [0.3, 0.4) is 0 Å². The largest absolute Gasteiger partial charge is 0.394 e. The van der Waals surface area contributed by atoms with Crippen LogP contribution < -0.4 is 5.32 Å². The molecule has 2 N–H and O–H groups in total. The summed E-state index contributed by atoms with van der Waals surface area (Å²) in [5.74, 6) is 0. The summed E-state index contributed by atoms with van der Waals surface area (Å²) in [5, 5.41) is 13.4. The first-order valence-corrected chi connectivity index (χ1v) is 7.83. The number of hydrogen-bond donors (Lipinski definition) is 2. The highest BCUT2D eigenvalue weighted by molar-refractivity contribution is 5.21. The molecule has 1 aromatic carbocycles. The van der Waals surface area contributed by atoms with Gasteiger partial charge in [0.1, 0.15) is 0 Å². The summed E-state index contributed by atoms with van der Waals surface area (Å²) >= 11 is 0. The molecule has 0 radical (unpaired) electrons. The molecular formula is C17H25NO2. The number of nitrogens with one attached hydrogen (secondary N) is 1. The van der Waals surface area contributed by atoms with Crippen LogP contribution in [0.5, 0.6) is 0 Å². The van der Waals surface area contributed by atoms with Crippen LogP contribution in [0.1, 0.15) is 44.2 Å². The highest BCUT2D eigenvalue weighted by Gasteiger charge is 2.59. The molecule has 3 unspecified atom stereocenters. The van der Waals surface area contributed by atoms with E-state index in [4.69, 9.17) is 4.74 Å². The van der Waals surface area contributed by atoms with Crippen molar-refractivity contribution in [2.24, 2.45) is 5.41 Å². The molecule has 20 heavy (non-hydrogen) atoms. The van der Waals surface area contributed by atoms with Crippen molar-refractivity contribution in [2.45, 2.75) is 50.8 Å². The minimum Gasteiger partial charge on any atom is -0.394 e. The van der Waals surface area contributed by atoms with Crippen molar-refractivity contribution < 1.29 is 9.84 Å². The lowest BCUT2D eigenvalue weighted by atomic mass is 9.51. The second-order valence-electron chi connectivity index (χ2n) is 6.13. The van der Waals surface area contributed by atoms with E-state index in [1.807, 2.05) is 18.2 Å². The van der Waals surface area contributed by atoms with Crippen LogP contribution in [-0.2, 0) is 4.74 Å². The highest BCUT2D eigenvalue weighted by atomic mass is 16.5. The summed E-state index contributed by atoms with van der Waals surface area (Å²) in [5.41, 5.74) is 1.52. The summed E-state index contributed by atoms with van der Waals surface area (Å²) in [6.07, 6.45) is 5.35. The molecule has 0 heterocycles. The molecule has 0 amide bonds. The molecule has 2 fully saturated rings. The fraction of sp³-hybridized carbons (Fsp3) is 0.647. The van der Waals surface area contributed by atoms with Crippen LogP contribution >= 0.6 is 0 Å². The van der Waals surface area contributed by atoms with Gasteiger partial charge < -0.3 is 15.2 Å². The first-order chi connectivity index (χ1) is 9.80. The fourth-order valence-electron chi connectivity index (χ4n) is 3.85. The van der Waals surface area contributed by atoms with Crippen molar-refractivity contribution in [2.75, 3.05) is 13.2 Å². The maximum atomic E-state index is 9.68. The fourth-order valence-corrected chi connectivity index (χ4v) is 3.85. The SMILES string of the molecule is CCOC1CC(NC(CO)c2ccccc2)C12CCC2. The predicted octanol–water partition coefficient (Wildman–Crippen LogP) is 2.66. The standard InChI is InChI=1S/C17H25NO2/c1-2-20-16-11-15(17(16)9-6-10-17)18-14(12-19)13-7-4-3-5-8-13/h3-5,7-8,14-16,18-19H,2,6,9-12H2,1H3. The smallest absolute Gasteiger partial charge is 0.0661 e. The molecule has 3 nitrogen and oxygen atoms in total. The zero-order valence-corrected chi connectivity index (χ0v) is 12.2. The molecule has 2 saturated carbocycles. The minimum absolute atomic E-state index is 0.0428. The third-order valence-electron chi connectivity index (χ3n) is 5.22. The van der Waals surface area contributed by atoms with Crippen LogP contribution in [0.2, 0.25) is 0 Å². The van der Waals surface area contributed by atoms with E-state index in [1.54, 1.807) is 0 Å². The van der Waals surface area contributed by atoms with Gasteiger partial charge in [0.25, 0.3) is 0 Å². The summed E-state index contributed by atoms with van der Waals surface area (Å²) in [6.45, 7) is 3.03. The molecule has 3 atom stereocenters. The Hall–Kier alpha value is -0.900. The summed E-state index contributed by atoms with van der Waals surface area (Å²) < 4.78 is 5.88. The average molecular weight is 275 g/mol. The lowest BCUT2D eigenvalue weighted by Gasteiger charge is -2.61. The van der Waals surface area contributed by atoms with E-state index in [0.29, 0.717) is 17.6 Å². The van der Waals surface area contributed by atoms with Gasteiger partial charge in [0.05, 0.1) is 18.8 Å². The third kappa shape index (κ3) is 2.28. The van der Waals surface area contributed by atoms with Gasteiger partial charge in [0.15, 0.2) is 0 Å². The van der Waals surface area contributed by atoms with Gasteiger partial charge in [-0.2, -0.15) is 0 Å². The lowest BCUT2D eigenvalue weighted by Crippen LogP contribution is -2.67. The molecule has 0 bridgehead atoms. The van der Waals surface area contributed by atoms with E-state index in [0.717, 1.165) is 13.0 Å². The maximum absolute atomic E-state index is 9.68. The first kappa shape index (κ1) is 14.1. The van der Waals surface area contributed by atoms with Gasteiger partial charge in [-0.3, -0.25) is 0 Å². The normalized spacial score (nSPS) is 28.7. The summed E-state index contributed by atoms with van der Waals surface area (Å²) in [7, 11) is 0. The van der Waals surface area contributed by atoms with E-state index >= 15 is 0 Å². The van der Waals surface area contributed by atoms with Crippen LogP contribution in [0.25, 0.3) is 0 Å². The van der Waals surface area contributed by atoms with Gasteiger partial charge in [-0.05, 0) is 31.7 Å². The molecule has 0 saturated heterocycles. The first-order valence-electron chi connectivity index (χ1n) is 7.83. The average Bonchev–Trinajstić information content (AvgIpc) is 2.41. The topological polar surface area (TPSA) is 41.5 Å². The Kier molecular flexibility index (Phi) is 4.11. The van der Waals surface area contributed by atoms with E-state index in [-0.39, 0.29) is 12.6 Å². The molecule has 0 aliphatic heterocycles. The molecular weight excluding hydrogens is 250 g/mol. The molecule has 1 aromatic rings. The van der Waals surface area contributed by atoms with E-state index in [2.05, 4.69) is 24.4 Å². The van der Waals surface area contributed by atoms with Crippen molar-refractivity contribution >= 4 is 0 Å². The van der Waals surface area contributed by atoms with Gasteiger partial charge in [0, 0.05) is 18.1 Å². The lowest BCUT2D eigenvalue weighted by molar-refractivity contribution is -0.175. The quantitative estimate of drug-likeness (QED) is 0.838. The molecule has 110 valence electrons. The number of ether oxygens (including phenoxy) is 1. The second kappa shape index (κ2) is 5.84. The van der Waals surface area contributed by atoms with Gasteiger partial charge in [-0.25, -0.2) is 0 Å². The Morgan fingerprint density at radius 3 is 2.65 bits per heavy atom. The van der Waals surface area contributed by atoms with Crippen LogP contribution in [0, 0.1) is 5.41 Å². The van der Waals surface area contributed by atoms with Crippen molar-refractivity contribution in [3.05, 3.63) is 35.9 Å².